The van der Waals surface area contributed by atoms with Gasteiger partial charge in [-0.1, -0.05) is 32.9 Å². The molecule has 0 aliphatic carbocycles. The van der Waals surface area contributed by atoms with E-state index in [-0.39, 0.29) is 5.41 Å². The van der Waals surface area contributed by atoms with E-state index in [1.54, 1.807) is 0 Å². The molecule has 0 aliphatic rings. The van der Waals surface area contributed by atoms with Gasteiger partial charge in [0.15, 0.2) is 10.6 Å². The van der Waals surface area contributed by atoms with Crippen molar-refractivity contribution in [2.75, 3.05) is 11.9 Å². The number of nitrogens with zero attached hydrogens (tertiary/aromatic N) is 1. The summed E-state index contributed by atoms with van der Waals surface area (Å²) in [6, 6.07) is 8.19. The minimum absolute atomic E-state index is 0.101. The molecule has 1 heterocycles. The fourth-order valence-electron chi connectivity index (χ4n) is 1.85. The molecule has 108 valence electrons. The molecule has 1 aromatic heterocycles. The van der Waals surface area contributed by atoms with Crippen LogP contribution in [0.1, 0.15) is 38.3 Å². The summed E-state index contributed by atoms with van der Waals surface area (Å²) in [5.41, 5.74) is 2.32. The van der Waals surface area contributed by atoms with Crippen LogP contribution in [0.3, 0.4) is 0 Å². The first kappa shape index (κ1) is 14.7. The molecule has 1 unspecified atom stereocenters. The van der Waals surface area contributed by atoms with E-state index >= 15 is 0 Å². The molecule has 0 radical (unpaired) electrons. The highest BCUT2D eigenvalue weighted by molar-refractivity contribution is 7.71. The number of hydrogen-bond donors (Lipinski definition) is 4. The molecule has 0 bridgehead atoms. The Bertz CT molecular complexity index is 626. The molecule has 0 amide bonds. The van der Waals surface area contributed by atoms with E-state index < -0.39 is 6.10 Å². The lowest BCUT2D eigenvalue weighted by Gasteiger charge is -2.20. The molecule has 1 aromatic carbocycles. The minimum Gasteiger partial charge on any atom is -0.383 e. The van der Waals surface area contributed by atoms with Gasteiger partial charge in [0.05, 0.1) is 0 Å². The minimum atomic E-state index is -0.735. The van der Waals surface area contributed by atoms with Crippen molar-refractivity contribution in [1.29, 1.82) is 0 Å². The first-order valence-corrected chi connectivity index (χ1v) is 6.94. The van der Waals surface area contributed by atoms with Crippen LogP contribution in [-0.2, 0) is 5.41 Å². The number of aromatic amines is 2. The van der Waals surface area contributed by atoms with Gasteiger partial charge in [-0.05, 0) is 35.3 Å². The molecule has 20 heavy (non-hydrogen) atoms. The maximum absolute atomic E-state index is 10.0. The van der Waals surface area contributed by atoms with E-state index in [0.717, 1.165) is 5.69 Å². The second kappa shape index (κ2) is 5.76. The Balaban J connectivity index is 2.02. The highest BCUT2D eigenvalue weighted by Crippen LogP contribution is 2.24. The van der Waals surface area contributed by atoms with Gasteiger partial charge in [0.1, 0.15) is 6.10 Å². The van der Waals surface area contributed by atoms with Gasteiger partial charge in [0, 0.05) is 12.2 Å². The molecule has 0 saturated carbocycles. The molecule has 0 saturated heterocycles. The van der Waals surface area contributed by atoms with Crippen molar-refractivity contribution in [3.05, 3.63) is 40.4 Å². The Hall–Kier alpha value is -1.66. The monoisotopic (exact) mass is 292 g/mol. The van der Waals surface area contributed by atoms with Crippen LogP contribution in [0.25, 0.3) is 0 Å². The van der Waals surface area contributed by atoms with Gasteiger partial charge in [-0.15, -0.1) is 0 Å². The highest BCUT2D eigenvalue weighted by atomic mass is 32.1. The standard InChI is InChI=1S/C14H20N4OS/c1-14(2,3)9-5-4-6-10(7-9)15-8-11(19)12-16-13(20)18-17-12/h4-7,11,15,19H,8H2,1-3H3,(H2,16,17,18,20). The van der Waals surface area contributed by atoms with Crippen molar-refractivity contribution in [1.82, 2.24) is 15.2 Å². The predicted molar refractivity (Wildman–Crippen MR) is 82.4 cm³/mol. The average molecular weight is 292 g/mol. The number of H-pyrrole nitrogens is 2. The van der Waals surface area contributed by atoms with Crippen LogP contribution in [-0.4, -0.2) is 26.8 Å². The number of aliphatic hydroxyl groups is 1. The summed E-state index contributed by atoms with van der Waals surface area (Å²) in [6.45, 7) is 6.88. The van der Waals surface area contributed by atoms with Crippen LogP contribution in [0.15, 0.2) is 24.3 Å². The van der Waals surface area contributed by atoms with Gasteiger partial charge in [0.25, 0.3) is 0 Å². The summed E-state index contributed by atoms with van der Waals surface area (Å²) < 4.78 is 0.411. The zero-order chi connectivity index (χ0) is 14.8. The molecule has 2 aromatic rings. The summed E-state index contributed by atoms with van der Waals surface area (Å²) in [6.07, 6.45) is -0.735. The van der Waals surface area contributed by atoms with Crippen LogP contribution in [0.2, 0.25) is 0 Å². The van der Waals surface area contributed by atoms with Gasteiger partial charge in [-0.3, -0.25) is 5.10 Å². The maximum atomic E-state index is 10.0. The molecule has 0 aliphatic heterocycles. The summed E-state index contributed by atoms with van der Waals surface area (Å²) in [7, 11) is 0. The van der Waals surface area contributed by atoms with E-state index in [2.05, 4.69) is 53.4 Å². The van der Waals surface area contributed by atoms with Crippen molar-refractivity contribution in [2.24, 2.45) is 0 Å². The fourth-order valence-corrected chi connectivity index (χ4v) is 2.00. The zero-order valence-electron chi connectivity index (χ0n) is 11.9. The number of nitrogens with one attached hydrogen (secondary N) is 3. The number of hydrogen-bond acceptors (Lipinski definition) is 4. The van der Waals surface area contributed by atoms with Gasteiger partial charge in [-0.25, -0.2) is 0 Å². The molecule has 5 nitrogen and oxygen atoms in total. The predicted octanol–water partition coefficient (Wildman–Crippen LogP) is 2.91. The Labute approximate surface area is 123 Å². The van der Waals surface area contributed by atoms with E-state index in [9.17, 15) is 5.11 Å². The van der Waals surface area contributed by atoms with Crippen molar-refractivity contribution >= 4 is 17.9 Å². The Morgan fingerprint density at radius 2 is 2.15 bits per heavy atom. The normalized spacial score (nSPS) is 13.2. The lowest BCUT2D eigenvalue weighted by atomic mass is 9.87. The highest BCUT2D eigenvalue weighted by Gasteiger charge is 2.14. The topological polar surface area (TPSA) is 76.7 Å². The third-order valence-corrected chi connectivity index (χ3v) is 3.26. The fraction of sp³-hybridized carbons (Fsp3) is 0.429. The molecular weight excluding hydrogens is 272 g/mol. The lowest BCUT2D eigenvalue weighted by molar-refractivity contribution is 0.182. The van der Waals surface area contributed by atoms with Crippen LogP contribution in [0.5, 0.6) is 0 Å². The molecule has 4 N–H and O–H groups in total. The van der Waals surface area contributed by atoms with Crippen molar-refractivity contribution in [3.63, 3.8) is 0 Å². The first-order valence-electron chi connectivity index (χ1n) is 6.53. The molecule has 0 spiro atoms. The number of rotatable bonds is 4. The largest absolute Gasteiger partial charge is 0.383 e. The first-order chi connectivity index (χ1) is 9.36. The lowest BCUT2D eigenvalue weighted by Crippen LogP contribution is -2.15. The van der Waals surface area contributed by atoms with Crippen molar-refractivity contribution in [2.45, 2.75) is 32.3 Å². The zero-order valence-corrected chi connectivity index (χ0v) is 12.7. The second-order valence-electron chi connectivity index (χ2n) is 5.79. The third-order valence-electron chi connectivity index (χ3n) is 3.06. The van der Waals surface area contributed by atoms with Gasteiger partial charge in [-0.2, -0.15) is 5.10 Å². The number of aliphatic hydroxyl groups excluding tert-OH is 1. The molecule has 0 fully saturated rings. The number of aromatic nitrogens is 3. The second-order valence-corrected chi connectivity index (χ2v) is 6.20. The van der Waals surface area contributed by atoms with Gasteiger partial charge < -0.3 is 15.4 Å². The van der Waals surface area contributed by atoms with Crippen molar-refractivity contribution in [3.8, 4) is 0 Å². The van der Waals surface area contributed by atoms with Crippen LogP contribution >= 0.6 is 12.2 Å². The van der Waals surface area contributed by atoms with E-state index in [0.29, 0.717) is 17.1 Å². The summed E-state index contributed by atoms with van der Waals surface area (Å²) in [5, 5.41) is 19.7. The Morgan fingerprint density at radius 1 is 1.40 bits per heavy atom. The summed E-state index contributed by atoms with van der Waals surface area (Å²) in [4.78, 5) is 2.81. The van der Waals surface area contributed by atoms with Crippen molar-refractivity contribution < 1.29 is 5.11 Å². The van der Waals surface area contributed by atoms with Gasteiger partial charge >= 0.3 is 0 Å². The van der Waals surface area contributed by atoms with E-state index in [1.165, 1.54) is 5.56 Å². The molecule has 6 heteroatoms. The Kier molecular flexibility index (Phi) is 4.25. The number of benzene rings is 1. The summed E-state index contributed by atoms with van der Waals surface area (Å²) >= 11 is 4.88. The van der Waals surface area contributed by atoms with E-state index in [4.69, 9.17) is 12.2 Å². The molecule has 1 atom stereocenters. The Morgan fingerprint density at radius 3 is 2.75 bits per heavy atom. The van der Waals surface area contributed by atoms with Crippen LogP contribution < -0.4 is 5.32 Å². The van der Waals surface area contributed by atoms with Crippen LogP contribution in [0, 0.1) is 4.77 Å². The molecular formula is C14H20N4OS. The summed E-state index contributed by atoms with van der Waals surface area (Å²) in [5.74, 6) is 0.439. The quantitative estimate of drug-likeness (QED) is 0.654. The van der Waals surface area contributed by atoms with Gasteiger partial charge in [0.2, 0.25) is 0 Å². The average Bonchev–Trinajstić information content (AvgIpc) is 2.82. The molecule has 2 rings (SSSR count). The smallest absolute Gasteiger partial charge is 0.192 e. The SMILES string of the molecule is CC(C)(C)c1cccc(NCC(O)c2n[nH]c(=S)[nH]2)c1. The maximum Gasteiger partial charge on any atom is 0.192 e. The number of anilines is 1. The van der Waals surface area contributed by atoms with E-state index in [1.807, 2.05) is 12.1 Å². The van der Waals surface area contributed by atoms with Crippen LogP contribution in [0.4, 0.5) is 5.69 Å². The third kappa shape index (κ3) is 3.68.